The molecule has 0 saturated carbocycles. The van der Waals surface area contributed by atoms with Gasteiger partial charge in [-0.3, -0.25) is 0 Å². The first-order valence-corrected chi connectivity index (χ1v) is 15.9. The van der Waals surface area contributed by atoms with E-state index in [2.05, 4.69) is 165 Å². The number of nitrogens with zero attached hydrogens (tertiary/aromatic N) is 2. The van der Waals surface area contributed by atoms with Crippen molar-refractivity contribution in [3.63, 3.8) is 0 Å². The van der Waals surface area contributed by atoms with E-state index in [1.807, 2.05) is 12.1 Å². The van der Waals surface area contributed by atoms with Gasteiger partial charge in [-0.2, -0.15) is 0 Å². The summed E-state index contributed by atoms with van der Waals surface area (Å²) in [4.78, 5) is 4.26. The molecule has 0 unspecified atom stereocenters. The molecule has 42 heavy (non-hydrogen) atoms. The second kappa shape index (κ2) is 12.2. The van der Waals surface area contributed by atoms with Crippen LogP contribution in [0, 0.1) is 0 Å². The van der Waals surface area contributed by atoms with Gasteiger partial charge in [0.2, 0.25) is 0 Å². The molecule has 6 heteroatoms. The summed E-state index contributed by atoms with van der Waals surface area (Å²) in [5, 5.41) is 1.25. The van der Waals surface area contributed by atoms with E-state index in [9.17, 15) is 0 Å². The first-order chi connectivity index (χ1) is 20.5. The maximum Gasteiger partial charge on any atom is 0.300 e. The van der Waals surface area contributed by atoms with E-state index in [0.29, 0.717) is 0 Å². The molecule has 0 aromatic heterocycles. The van der Waals surface area contributed by atoms with E-state index in [0.717, 1.165) is 33.4 Å². The van der Waals surface area contributed by atoms with Crippen LogP contribution in [-0.2, 0) is 9.31 Å². The highest BCUT2D eigenvalue weighted by atomic mass is 31.1. The molecular weight excluding hydrogens is 534 g/mol. The Morgan fingerprint density at radius 1 is 0.476 bits per heavy atom. The van der Waals surface area contributed by atoms with E-state index >= 15 is 0 Å². The minimum atomic E-state index is -2.04. The highest BCUT2D eigenvalue weighted by Crippen LogP contribution is 2.65. The maximum atomic E-state index is 7.46. The topological polar surface area (TPSA) is 24.9 Å². The molecule has 1 saturated heterocycles. The highest BCUT2D eigenvalue weighted by Gasteiger charge is 2.46. The average molecular weight is 571 g/mol. The van der Waals surface area contributed by atoms with Crippen molar-refractivity contribution in [1.29, 1.82) is 0 Å². The van der Waals surface area contributed by atoms with Crippen LogP contribution in [0.2, 0.25) is 0 Å². The van der Waals surface area contributed by atoms with Gasteiger partial charge in [0.25, 0.3) is 6.55 Å². The van der Waals surface area contributed by atoms with Crippen molar-refractivity contribution in [2.24, 2.45) is 0 Å². The SMILES string of the molecule is CN(C)c1ccc([C@@H]2O[B-](c3ccccc3)(c3ccccc3)O[C@@H](c3ccc(N(C)C)cc3)P2c2ccccc2)cc1. The minimum Gasteiger partial charge on any atom is -0.551 e. The highest BCUT2D eigenvalue weighted by molar-refractivity contribution is 7.66. The van der Waals surface area contributed by atoms with Gasteiger partial charge in [-0.1, -0.05) is 115 Å². The molecule has 1 heterocycles. The van der Waals surface area contributed by atoms with Gasteiger partial charge in [-0.05, 0) is 48.6 Å². The molecule has 6 rings (SSSR count). The number of benzene rings is 5. The summed E-state index contributed by atoms with van der Waals surface area (Å²) >= 11 is 0. The van der Waals surface area contributed by atoms with Crippen LogP contribution in [0.3, 0.4) is 0 Å². The summed E-state index contributed by atoms with van der Waals surface area (Å²) in [5.74, 6) is -0.405. The van der Waals surface area contributed by atoms with Crippen LogP contribution < -0.4 is 26.0 Å². The predicted molar refractivity (Wildman–Crippen MR) is 180 cm³/mol. The Labute approximate surface area is 251 Å². The summed E-state index contributed by atoms with van der Waals surface area (Å²) < 4.78 is 14.9. The predicted octanol–water partition coefficient (Wildman–Crippen LogP) is 6.63. The molecule has 0 aliphatic carbocycles. The van der Waals surface area contributed by atoms with Crippen molar-refractivity contribution in [2.45, 2.75) is 11.7 Å². The van der Waals surface area contributed by atoms with Gasteiger partial charge < -0.3 is 19.1 Å². The third kappa shape index (κ3) is 5.48. The molecular formula is C36H37BN2O2P-. The maximum absolute atomic E-state index is 7.46. The number of anilines is 2. The molecule has 5 aromatic carbocycles. The molecule has 212 valence electrons. The van der Waals surface area contributed by atoms with Crippen molar-refractivity contribution in [2.75, 3.05) is 38.0 Å². The summed E-state index contributed by atoms with van der Waals surface area (Å²) in [6, 6.07) is 49.4. The number of hydrogen-bond acceptors (Lipinski definition) is 4. The number of hydrogen-bond donors (Lipinski definition) is 0. The van der Waals surface area contributed by atoms with Gasteiger partial charge in [-0.25, -0.2) is 0 Å². The van der Waals surface area contributed by atoms with Crippen molar-refractivity contribution in [1.82, 2.24) is 0 Å². The molecule has 1 fully saturated rings. The Kier molecular flexibility index (Phi) is 8.17. The second-order valence-electron chi connectivity index (χ2n) is 11.2. The van der Waals surface area contributed by atoms with E-state index in [1.165, 1.54) is 5.30 Å². The molecule has 0 N–H and O–H groups in total. The fraction of sp³-hybridized carbons (Fsp3) is 0.167. The standard InChI is InChI=1S/C36H37BN2O2P/c1-38(2)32-24-20-28(21-25-32)35-40-37(30-14-8-5-9-15-30,31-16-10-6-11-17-31)41-36(42(35)34-18-12-7-13-19-34)29-22-26-33(27-23-29)39(3)4/h5-27,35-36H,1-4H3/q-1/t35-,36-/m1/s1. The zero-order valence-electron chi connectivity index (χ0n) is 24.7. The zero-order valence-corrected chi connectivity index (χ0v) is 25.6. The lowest BCUT2D eigenvalue weighted by Gasteiger charge is -2.57. The smallest absolute Gasteiger partial charge is 0.300 e. The van der Waals surface area contributed by atoms with Crippen LogP contribution in [0.25, 0.3) is 0 Å². The fourth-order valence-electron chi connectivity index (χ4n) is 5.79. The van der Waals surface area contributed by atoms with Gasteiger partial charge in [-0.15, -0.1) is 10.9 Å². The summed E-state index contributed by atoms with van der Waals surface area (Å²) in [6.07, 6.45) is 0. The van der Waals surface area contributed by atoms with E-state index < -0.39 is 14.5 Å². The van der Waals surface area contributed by atoms with Crippen molar-refractivity contribution in [3.8, 4) is 0 Å². The molecule has 0 amide bonds. The lowest BCUT2D eigenvalue weighted by atomic mass is 9.46. The minimum absolute atomic E-state index is 0.203. The zero-order chi connectivity index (χ0) is 29.1. The number of rotatable bonds is 7. The van der Waals surface area contributed by atoms with Crippen LogP contribution in [0.5, 0.6) is 0 Å². The van der Waals surface area contributed by atoms with Crippen molar-refractivity contribution >= 4 is 42.1 Å². The summed E-state index contributed by atoms with van der Waals surface area (Å²) in [7, 11) is 7.30. The summed E-state index contributed by atoms with van der Waals surface area (Å²) in [6.45, 7) is -2.04. The Morgan fingerprint density at radius 3 is 1.19 bits per heavy atom. The van der Waals surface area contributed by atoms with Crippen LogP contribution in [0.1, 0.15) is 22.8 Å². The van der Waals surface area contributed by atoms with Gasteiger partial charge in [0.05, 0.1) is 11.7 Å². The Hall–Kier alpha value is -3.89. The van der Waals surface area contributed by atoms with Gasteiger partial charge in [0.15, 0.2) is 0 Å². The fourth-order valence-corrected chi connectivity index (χ4v) is 8.69. The molecule has 0 bridgehead atoms. The third-order valence-electron chi connectivity index (χ3n) is 8.07. The van der Waals surface area contributed by atoms with Crippen LogP contribution in [0.15, 0.2) is 140 Å². The molecule has 1 aliphatic rings. The van der Waals surface area contributed by atoms with Crippen LogP contribution in [-0.4, -0.2) is 34.7 Å². The van der Waals surface area contributed by atoms with Gasteiger partial charge in [0, 0.05) is 39.6 Å². The van der Waals surface area contributed by atoms with E-state index in [1.54, 1.807) is 0 Å². The van der Waals surface area contributed by atoms with Gasteiger partial charge in [0.1, 0.15) is 0 Å². The lowest BCUT2D eigenvalue weighted by Crippen LogP contribution is -2.65. The van der Waals surface area contributed by atoms with Gasteiger partial charge >= 0.3 is 0 Å². The molecule has 5 aromatic rings. The van der Waals surface area contributed by atoms with E-state index in [-0.39, 0.29) is 11.7 Å². The molecule has 4 nitrogen and oxygen atoms in total. The molecule has 0 spiro atoms. The average Bonchev–Trinajstić information content (AvgIpc) is 3.05. The summed E-state index contributed by atoms with van der Waals surface area (Å²) in [5.41, 5.74) is 6.72. The van der Waals surface area contributed by atoms with Crippen molar-refractivity contribution < 1.29 is 9.31 Å². The second-order valence-corrected chi connectivity index (χ2v) is 13.5. The van der Waals surface area contributed by atoms with Crippen LogP contribution >= 0.6 is 7.92 Å². The first-order valence-electron chi connectivity index (χ1n) is 14.4. The molecule has 0 radical (unpaired) electrons. The monoisotopic (exact) mass is 571 g/mol. The lowest BCUT2D eigenvalue weighted by molar-refractivity contribution is 0.134. The molecule has 1 aliphatic heterocycles. The normalized spacial score (nSPS) is 19.7. The Morgan fingerprint density at radius 2 is 0.833 bits per heavy atom. The largest absolute Gasteiger partial charge is 0.551 e. The third-order valence-corrected chi connectivity index (χ3v) is 10.8. The van der Waals surface area contributed by atoms with E-state index in [4.69, 9.17) is 9.31 Å². The Balaban J connectivity index is 1.59. The Bertz CT molecular complexity index is 1480. The van der Waals surface area contributed by atoms with Crippen LogP contribution in [0.4, 0.5) is 11.4 Å². The van der Waals surface area contributed by atoms with Crippen molar-refractivity contribution in [3.05, 3.63) is 151 Å². The quantitative estimate of drug-likeness (QED) is 0.162. The first kappa shape index (κ1) is 28.2. The molecule has 2 atom stereocenters.